The highest BCUT2D eigenvalue weighted by Crippen LogP contribution is 2.27. The number of rotatable bonds is 3. The first-order valence-corrected chi connectivity index (χ1v) is 8.16. The second-order valence-electron chi connectivity index (χ2n) is 5.12. The number of hydrogen-bond acceptors (Lipinski definition) is 4. The van der Waals surface area contributed by atoms with Crippen LogP contribution in [0.15, 0.2) is 35.7 Å². The summed E-state index contributed by atoms with van der Waals surface area (Å²) in [6, 6.07) is 8.89. The number of fused-ring (bicyclic) bond motifs is 1. The van der Waals surface area contributed by atoms with Gasteiger partial charge in [-0.3, -0.25) is 4.90 Å². The van der Waals surface area contributed by atoms with E-state index in [9.17, 15) is 4.79 Å². The zero-order chi connectivity index (χ0) is 14.8. The third-order valence-electron chi connectivity index (χ3n) is 3.77. The number of esters is 1. The van der Waals surface area contributed by atoms with Gasteiger partial charge in [0.15, 0.2) is 0 Å². The van der Waals surface area contributed by atoms with Crippen molar-refractivity contribution in [3.05, 3.63) is 51.2 Å². The van der Waals surface area contributed by atoms with Crippen LogP contribution in [0.25, 0.3) is 0 Å². The number of benzene rings is 1. The predicted molar refractivity (Wildman–Crippen MR) is 85.0 cm³/mol. The monoisotopic (exact) mass is 321 g/mol. The Morgan fingerprint density at radius 3 is 3.00 bits per heavy atom. The molecule has 3 nitrogen and oxygen atoms in total. The molecular weight excluding hydrogens is 306 g/mol. The third-order valence-corrected chi connectivity index (χ3v) is 5.11. The molecule has 0 fully saturated rings. The molecule has 2 heterocycles. The number of carbonyl (C=O) groups is 1. The number of ether oxygens (including phenoxy) is 1. The first kappa shape index (κ1) is 14.6. The lowest BCUT2D eigenvalue weighted by atomic mass is 10.1. The van der Waals surface area contributed by atoms with E-state index < -0.39 is 0 Å². The number of carbonyl (C=O) groups excluding carboxylic acids is 1. The Kier molecular flexibility index (Phi) is 4.29. The van der Waals surface area contributed by atoms with E-state index in [0.29, 0.717) is 10.8 Å². The van der Waals surface area contributed by atoms with E-state index in [4.69, 9.17) is 16.3 Å². The largest absolute Gasteiger partial charge is 0.424 e. The van der Waals surface area contributed by atoms with Crippen molar-refractivity contribution < 1.29 is 9.53 Å². The van der Waals surface area contributed by atoms with Crippen LogP contribution < -0.4 is 4.74 Å². The van der Waals surface area contributed by atoms with E-state index in [0.717, 1.165) is 19.5 Å². The Bertz CT molecular complexity index is 655. The van der Waals surface area contributed by atoms with Crippen LogP contribution in [0.4, 0.5) is 0 Å². The van der Waals surface area contributed by atoms with Crippen LogP contribution in [0.1, 0.15) is 17.4 Å². The summed E-state index contributed by atoms with van der Waals surface area (Å²) in [7, 11) is 0. The van der Waals surface area contributed by atoms with Gasteiger partial charge in [0.25, 0.3) is 0 Å². The van der Waals surface area contributed by atoms with Crippen molar-refractivity contribution in [3.8, 4) is 5.75 Å². The van der Waals surface area contributed by atoms with Crippen LogP contribution >= 0.6 is 22.9 Å². The van der Waals surface area contributed by atoms with Crippen molar-refractivity contribution in [1.82, 2.24) is 4.90 Å². The van der Waals surface area contributed by atoms with Gasteiger partial charge in [-0.15, -0.1) is 11.3 Å². The number of thiophene rings is 1. The van der Waals surface area contributed by atoms with E-state index >= 15 is 0 Å². The second kappa shape index (κ2) is 6.18. The van der Waals surface area contributed by atoms with Gasteiger partial charge in [0.2, 0.25) is 0 Å². The summed E-state index contributed by atoms with van der Waals surface area (Å²) in [6.07, 6.45) is 0.997. The minimum absolute atomic E-state index is 0.262. The van der Waals surface area contributed by atoms with Crippen molar-refractivity contribution >= 4 is 28.9 Å². The molecule has 1 aromatic carbocycles. The Morgan fingerprint density at radius 1 is 1.38 bits per heavy atom. The van der Waals surface area contributed by atoms with Gasteiger partial charge in [-0.2, -0.15) is 0 Å². The highest BCUT2D eigenvalue weighted by molar-refractivity contribution is 7.10. The van der Waals surface area contributed by atoms with Gasteiger partial charge in [-0.25, -0.2) is 4.79 Å². The van der Waals surface area contributed by atoms with Gasteiger partial charge in [-0.05, 0) is 42.5 Å². The molecule has 1 unspecified atom stereocenters. The van der Waals surface area contributed by atoms with Gasteiger partial charge in [0.05, 0.1) is 5.02 Å². The molecule has 21 heavy (non-hydrogen) atoms. The molecule has 1 aliphatic heterocycles. The molecular formula is C16H16ClNO2S. The minimum Gasteiger partial charge on any atom is -0.424 e. The molecule has 1 atom stereocenters. The lowest BCUT2D eigenvalue weighted by Crippen LogP contribution is -2.43. The smallest absolute Gasteiger partial charge is 0.328 e. The quantitative estimate of drug-likeness (QED) is 0.637. The molecule has 0 saturated carbocycles. The molecule has 0 bridgehead atoms. The fraction of sp³-hybridized carbons (Fsp3) is 0.312. The molecule has 0 amide bonds. The van der Waals surface area contributed by atoms with E-state index in [1.54, 1.807) is 29.5 Å². The van der Waals surface area contributed by atoms with Crippen molar-refractivity contribution in [2.75, 3.05) is 6.54 Å². The first-order valence-electron chi connectivity index (χ1n) is 6.90. The van der Waals surface area contributed by atoms with Crippen LogP contribution in [-0.4, -0.2) is 23.5 Å². The SMILES string of the molecule is CC(C(=O)Oc1ccccc1Cl)N1CCc2sccc2C1. The van der Waals surface area contributed by atoms with E-state index in [1.165, 1.54) is 10.4 Å². The molecule has 1 aromatic heterocycles. The Labute approximate surface area is 133 Å². The van der Waals surface area contributed by atoms with Crippen LogP contribution in [0.3, 0.4) is 0 Å². The van der Waals surface area contributed by atoms with Crippen molar-refractivity contribution in [2.45, 2.75) is 25.9 Å². The normalized spacial score (nSPS) is 16.3. The maximum absolute atomic E-state index is 12.3. The lowest BCUT2D eigenvalue weighted by Gasteiger charge is -2.30. The fourth-order valence-corrected chi connectivity index (χ4v) is 3.54. The Morgan fingerprint density at radius 2 is 2.19 bits per heavy atom. The molecule has 0 radical (unpaired) electrons. The van der Waals surface area contributed by atoms with E-state index in [1.807, 2.05) is 13.0 Å². The highest BCUT2D eigenvalue weighted by atomic mass is 35.5. The van der Waals surface area contributed by atoms with Crippen LogP contribution in [0, 0.1) is 0 Å². The molecule has 3 rings (SSSR count). The third kappa shape index (κ3) is 3.12. The zero-order valence-electron chi connectivity index (χ0n) is 11.7. The molecule has 0 saturated heterocycles. The number of para-hydroxylation sites is 1. The Hall–Kier alpha value is -1.36. The topological polar surface area (TPSA) is 29.5 Å². The fourth-order valence-electron chi connectivity index (χ4n) is 2.47. The maximum Gasteiger partial charge on any atom is 0.328 e. The second-order valence-corrected chi connectivity index (χ2v) is 6.52. The summed E-state index contributed by atoms with van der Waals surface area (Å²) >= 11 is 7.81. The minimum atomic E-state index is -0.283. The summed E-state index contributed by atoms with van der Waals surface area (Å²) in [5.74, 6) is 0.158. The van der Waals surface area contributed by atoms with Crippen LogP contribution in [0.5, 0.6) is 5.75 Å². The molecule has 110 valence electrons. The first-order chi connectivity index (χ1) is 10.1. The number of hydrogen-bond donors (Lipinski definition) is 0. The number of halogens is 1. The van der Waals surface area contributed by atoms with Gasteiger partial charge < -0.3 is 4.74 Å². The summed E-state index contributed by atoms with van der Waals surface area (Å²) in [6.45, 7) is 3.57. The molecule has 5 heteroatoms. The van der Waals surface area contributed by atoms with Crippen LogP contribution in [0.2, 0.25) is 5.02 Å². The molecule has 0 spiro atoms. The maximum atomic E-state index is 12.3. The van der Waals surface area contributed by atoms with Crippen molar-refractivity contribution in [2.24, 2.45) is 0 Å². The zero-order valence-corrected chi connectivity index (χ0v) is 13.3. The molecule has 0 aliphatic carbocycles. The molecule has 1 aliphatic rings. The van der Waals surface area contributed by atoms with Crippen molar-refractivity contribution in [1.29, 1.82) is 0 Å². The summed E-state index contributed by atoms with van der Waals surface area (Å²) in [5, 5.41) is 2.57. The van der Waals surface area contributed by atoms with Crippen LogP contribution in [-0.2, 0) is 17.8 Å². The lowest BCUT2D eigenvalue weighted by molar-refractivity contribution is -0.140. The summed E-state index contributed by atoms with van der Waals surface area (Å²) < 4.78 is 5.42. The van der Waals surface area contributed by atoms with E-state index in [2.05, 4.69) is 16.3 Å². The van der Waals surface area contributed by atoms with Gasteiger partial charge in [0.1, 0.15) is 11.8 Å². The average Bonchev–Trinajstić information content (AvgIpc) is 2.96. The van der Waals surface area contributed by atoms with E-state index in [-0.39, 0.29) is 12.0 Å². The van der Waals surface area contributed by atoms with Gasteiger partial charge >= 0.3 is 5.97 Å². The Balaban J connectivity index is 1.67. The highest BCUT2D eigenvalue weighted by Gasteiger charge is 2.27. The van der Waals surface area contributed by atoms with Gasteiger partial charge in [-0.1, -0.05) is 23.7 Å². The predicted octanol–water partition coefficient (Wildman–Crippen LogP) is 3.75. The van der Waals surface area contributed by atoms with Crippen molar-refractivity contribution in [3.63, 3.8) is 0 Å². The summed E-state index contributed by atoms with van der Waals surface area (Å²) in [5.41, 5.74) is 1.32. The molecule has 0 N–H and O–H groups in total. The standard InChI is InChI=1S/C16H16ClNO2S/c1-11(16(19)20-14-5-3-2-4-13(14)17)18-8-6-15-12(10-18)7-9-21-15/h2-5,7,9,11H,6,8,10H2,1H3. The molecule has 2 aromatic rings. The van der Waals surface area contributed by atoms with Gasteiger partial charge in [0, 0.05) is 18.0 Å². The summed E-state index contributed by atoms with van der Waals surface area (Å²) in [4.78, 5) is 15.9. The number of nitrogens with zero attached hydrogens (tertiary/aromatic N) is 1. The average molecular weight is 322 g/mol.